The van der Waals surface area contributed by atoms with Crippen LogP contribution in [0.3, 0.4) is 0 Å². The first-order valence-electron chi connectivity index (χ1n) is 7.70. The Balaban J connectivity index is 1.79. The zero-order valence-corrected chi connectivity index (χ0v) is 13.7. The van der Waals surface area contributed by atoms with Gasteiger partial charge in [0.25, 0.3) is 0 Å². The van der Waals surface area contributed by atoms with Crippen LogP contribution in [-0.4, -0.2) is 27.4 Å². The molecule has 0 saturated heterocycles. The maximum Gasteiger partial charge on any atom is 0.315 e. The van der Waals surface area contributed by atoms with Crippen LogP contribution in [0.5, 0.6) is 5.75 Å². The van der Waals surface area contributed by atoms with Crippen molar-refractivity contribution in [3.63, 3.8) is 0 Å². The van der Waals surface area contributed by atoms with E-state index in [-0.39, 0.29) is 12.1 Å². The van der Waals surface area contributed by atoms with Crippen molar-refractivity contribution in [3.05, 3.63) is 42.0 Å². The van der Waals surface area contributed by atoms with Gasteiger partial charge in [0, 0.05) is 13.6 Å². The van der Waals surface area contributed by atoms with Crippen LogP contribution in [0.25, 0.3) is 0 Å². The molecule has 0 saturated carbocycles. The molecule has 1 aromatic carbocycles. The molecule has 1 heterocycles. The monoisotopic (exact) mass is 317 g/mol. The van der Waals surface area contributed by atoms with Gasteiger partial charge in [0.05, 0.1) is 12.6 Å². The Bertz CT molecular complexity index is 624. The van der Waals surface area contributed by atoms with Gasteiger partial charge in [-0.25, -0.2) is 4.79 Å². The number of benzene rings is 1. The van der Waals surface area contributed by atoms with Crippen molar-refractivity contribution in [3.8, 4) is 5.75 Å². The van der Waals surface area contributed by atoms with Gasteiger partial charge >= 0.3 is 6.03 Å². The van der Waals surface area contributed by atoms with Gasteiger partial charge in [-0.3, -0.25) is 0 Å². The Labute approximate surface area is 136 Å². The molecule has 1 atom stereocenters. The number of nitrogens with zero attached hydrogens (tertiary/aromatic N) is 3. The van der Waals surface area contributed by atoms with E-state index in [1.807, 2.05) is 38.2 Å². The number of amides is 2. The average molecular weight is 317 g/mol. The second-order valence-corrected chi connectivity index (χ2v) is 5.34. The lowest BCUT2D eigenvalue weighted by atomic mass is 10.2. The molecule has 0 radical (unpaired) electrons. The van der Waals surface area contributed by atoms with E-state index in [4.69, 9.17) is 4.74 Å². The third-order valence-corrected chi connectivity index (χ3v) is 3.33. The number of carbonyl (C=O) groups is 1. The molecule has 7 heteroatoms. The Hall–Kier alpha value is -2.57. The molecule has 1 unspecified atom stereocenters. The van der Waals surface area contributed by atoms with Crippen molar-refractivity contribution in [2.45, 2.75) is 32.9 Å². The molecule has 2 aromatic rings. The zero-order chi connectivity index (χ0) is 16.7. The van der Waals surface area contributed by atoms with Gasteiger partial charge in [-0.15, -0.1) is 10.2 Å². The smallest absolute Gasteiger partial charge is 0.315 e. The molecule has 0 aliphatic rings. The van der Waals surface area contributed by atoms with Crippen LogP contribution < -0.4 is 15.4 Å². The van der Waals surface area contributed by atoms with Crippen molar-refractivity contribution in [2.24, 2.45) is 7.05 Å². The van der Waals surface area contributed by atoms with E-state index >= 15 is 0 Å². The molecule has 23 heavy (non-hydrogen) atoms. The first-order chi connectivity index (χ1) is 11.1. The standard InChI is InChI=1S/C16H23N5O2/c1-4-9-23-14-7-5-13(6-8-14)10-17-16(22)19-12(2)15-20-18-11-21(15)3/h5-8,11-12H,4,9-10H2,1-3H3,(H2,17,19,22). The number of aryl methyl sites for hydroxylation is 1. The molecule has 0 aliphatic heterocycles. The largest absolute Gasteiger partial charge is 0.494 e. The number of ether oxygens (including phenoxy) is 1. The third-order valence-electron chi connectivity index (χ3n) is 3.33. The first-order valence-corrected chi connectivity index (χ1v) is 7.70. The van der Waals surface area contributed by atoms with Crippen LogP contribution in [-0.2, 0) is 13.6 Å². The highest BCUT2D eigenvalue weighted by Gasteiger charge is 2.13. The molecule has 2 rings (SSSR count). The molecular formula is C16H23N5O2. The molecule has 2 amide bonds. The summed E-state index contributed by atoms with van der Waals surface area (Å²) >= 11 is 0. The molecule has 2 N–H and O–H groups in total. The van der Waals surface area contributed by atoms with Gasteiger partial charge < -0.3 is 19.9 Å². The van der Waals surface area contributed by atoms with Crippen LogP contribution in [0.15, 0.2) is 30.6 Å². The second kappa shape index (κ2) is 8.17. The lowest BCUT2D eigenvalue weighted by Gasteiger charge is -2.14. The minimum Gasteiger partial charge on any atom is -0.494 e. The second-order valence-electron chi connectivity index (χ2n) is 5.34. The number of hydrogen-bond acceptors (Lipinski definition) is 4. The van der Waals surface area contributed by atoms with Gasteiger partial charge in [0.1, 0.15) is 12.1 Å². The summed E-state index contributed by atoms with van der Waals surface area (Å²) in [5.41, 5.74) is 1.01. The first kappa shape index (κ1) is 16.8. The van der Waals surface area contributed by atoms with Gasteiger partial charge in [-0.1, -0.05) is 19.1 Å². The van der Waals surface area contributed by atoms with E-state index in [0.29, 0.717) is 19.0 Å². The molecule has 0 fully saturated rings. The van der Waals surface area contributed by atoms with E-state index in [1.54, 1.807) is 10.9 Å². The van der Waals surface area contributed by atoms with Crippen molar-refractivity contribution < 1.29 is 9.53 Å². The summed E-state index contributed by atoms with van der Waals surface area (Å²) in [4.78, 5) is 11.9. The molecule has 0 bridgehead atoms. The summed E-state index contributed by atoms with van der Waals surface area (Å²) in [6.07, 6.45) is 2.58. The Morgan fingerprint density at radius 1 is 1.35 bits per heavy atom. The normalized spacial score (nSPS) is 11.8. The fourth-order valence-electron chi connectivity index (χ4n) is 2.10. The lowest BCUT2D eigenvalue weighted by molar-refractivity contribution is 0.237. The Kier molecular flexibility index (Phi) is 5.96. The van der Waals surface area contributed by atoms with Gasteiger partial charge in [0.2, 0.25) is 0 Å². The minimum absolute atomic E-state index is 0.215. The molecule has 7 nitrogen and oxygen atoms in total. The van der Waals surface area contributed by atoms with E-state index in [0.717, 1.165) is 17.7 Å². The molecule has 124 valence electrons. The molecule has 0 spiro atoms. The van der Waals surface area contributed by atoms with E-state index < -0.39 is 0 Å². The van der Waals surface area contributed by atoms with Crippen molar-refractivity contribution in [1.82, 2.24) is 25.4 Å². The summed E-state index contributed by atoms with van der Waals surface area (Å²) < 4.78 is 7.30. The third kappa shape index (κ3) is 4.98. The predicted molar refractivity (Wildman–Crippen MR) is 87.0 cm³/mol. The van der Waals surface area contributed by atoms with Crippen LogP contribution in [0.2, 0.25) is 0 Å². The molecule has 0 aliphatic carbocycles. The van der Waals surface area contributed by atoms with E-state index in [1.165, 1.54) is 0 Å². The van der Waals surface area contributed by atoms with Crippen molar-refractivity contribution in [1.29, 1.82) is 0 Å². The Morgan fingerprint density at radius 3 is 2.70 bits per heavy atom. The van der Waals surface area contributed by atoms with E-state index in [9.17, 15) is 4.79 Å². The summed E-state index contributed by atoms with van der Waals surface area (Å²) in [5, 5.41) is 13.4. The fraction of sp³-hybridized carbons (Fsp3) is 0.438. The number of rotatable bonds is 7. The molecule has 1 aromatic heterocycles. The maximum absolute atomic E-state index is 11.9. The minimum atomic E-state index is -0.244. The van der Waals surface area contributed by atoms with Crippen molar-refractivity contribution in [2.75, 3.05) is 6.61 Å². The highest BCUT2D eigenvalue weighted by atomic mass is 16.5. The predicted octanol–water partition coefficient (Wildman–Crippen LogP) is 2.16. The van der Waals surface area contributed by atoms with Crippen LogP contribution >= 0.6 is 0 Å². The van der Waals surface area contributed by atoms with Crippen molar-refractivity contribution >= 4 is 6.03 Å². The quantitative estimate of drug-likeness (QED) is 0.820. The highest BCUT2D eigenvalue weighted by molar-refractivity contribution is 5.74. The van der Waals surface area contributed by atoms with E-state index in [2.05, 4.69) is 27.8 Å². The molecular weight excluding hydrogens is 294 g/mol. The number of carbonyl (C=O) groups excluding carboxylic acids is 1. The van der Waals surface area contributed by atoms with Gasteiger partial charge in [-0.2, -0.15) is 0 Å². The number of urea groups is 1. The zero-order valence-electron chi connectivity index (χ0n) is 13.7. The lowest BCUT2D eigenvalue weighted by Crippen LogP contribution is -2.37. The maximum atomic E-state index is 11.9. The highest BCUT2D eigenvalue weighted by Crippen LogP contribution is 2.12. The summed E-state index contributed by atoms with van der Waals surface area (Å²) in [6.45, 7) is 5.09. The fourth-order valence-corrected chi connectivity index (χ4v) is 2.10. The number of nitrogens with one attached hydrogen (secondary N) is 2. The van der Waals surface area contributed by atoms with Crippen LogP contribution in [0.1, 0.15) is 37.7 Å². The van der Waals surface area contributed by atoms with Crippen LogP contribution in [0, 0.1) is 0 Å². The SMILES string of the molecule is CCCOc1ccc(CNC(=O)NC(C)c2nncn2C)cc1. The van der Waals surface area contributed by atoms with Crippen LogP contribution in [0.4, 0.5) is 4.79 Å². The topological polar surface area (TPSA) is 81.1 Å². The Morgan fingerprint density at radius 2 is 2.09 bits per heavy atom. The number of hydrogen-bond donors (Lipinski definition) is 2. The van der Waals surface area contributed by atoms with Gasteiger partial charge in [-0.05, 0) is 31.0 Å². The summed E-state index contributed by atoms with van der Waals surface area (Å²) in [6, 6.07) is 7.24. The number of aromatic nitrogens is 3. The summed E-state index contributed by atoms with van der Waals surface area (Å²) in [7, 11) is 1.84. The average Bonchev–Trinajstić information content (AvgIpc) is 2.98. The summed E-state index contributed by atoms with van der Waals surface area (Å²) in [5.74, 6) is 1.55. The van der Waals surface area contributed by atoms with Gasteiger partial charge in [0.15, 0.2) is 5.82 Å².